The zero-order chi connectivity index (χ0) is 16.4. The molecule has 0 fully saturated rings. The van der Waals surface area contributed by atoms with Gasteiger partial charge in [0.1, 0.15) is 0 Å². The maximum atomic E-state index is 12.1. The third-order valence-electron chi connectivity index (χ3n) is 3.52. The Hall–Kier alpha value is -3.00. The highest BCUT2D eigenvalue weighted by Gasteiger charge is 2.12. The first-order chi connectivity index (χ1) is 11.8. The number of amides is 1. The van der Waals surface area contributed by atoms with E-state index in [0.717, 1.165) is 21.5 Å². The van der Waals surface area contributed by atoms with Crippen LogP contribution in [0.15, 0.2) is 46.3 Å². The average Bonchev–Trinajstić information content (AvgIpc) is 3.34. The molecule has 0 aliphatic rings. The largest absolute Gasteiger partial charge is 0.348 e. The molecule has 1 aromatic carbocycles. The maximum absolute atomic E-state index is 12.1. The highest BCUT2D eigenvalue weighted by molar-refractivity contribution is 7.13. The second-order valence-corrected chi connectivity index (χ2v) is 6.11. The summed E-state index contributed by atoms with van der Waals surface area (Å²) in [4.78, 5) is 17.3. The molecule has 3 aromatic heterocycles. The molecule has 0 bridgehead atoms. The molecule has 0 radical (unpaired) electrons. The van der Waals surface area contributed by atoms with E-state index in [2.05, 4.69) is 25.7 Å². The molecule has 2 N–H and O–H groups in total. The van der Waals surface area contributed by atoms with Crippen molar-refractivity contribution in [2.75, 3.05) is 0 Å². The van der Waals surface area contributed by atoms with E-state index < -0.39 is 0 Å². The molecule has 0 saturated heterocycles. The van der Waals surface area contributed by atoms with Crippen molar-refractivity contribution in [1.29, 1.82) is 0 Å². The van der Waals surface area contributed by atoms with Crippen molar-refractivity contribution in [1.82, 2.24) is 25.7 Å². The van der Waals surface area contributed by atoms with Gasteiger partial charge in [-0.2, -0.15) is 10.1 Å². The van der Waals surface area contributed by atoms with E-state index in [0.29, 0.717) is 11.7 Å². The Balaban J connectivity index is 1.38. The molecule has 8 heteroatoms. The lowest BCUT2D eigenvalue weighted by Gasteiger charge is -2.01. The molecule has 0 saturated carbocycles. The number of benzene rings is 1. The van der Waals surface area contributed by atoms with Gasteiger partial charge < -0.3 is 9.84 Å². The van der Waals surface area contributed by atoms with Crippen LogP contribution >= 0.6 is 11.3 Å². The SMILES string of the molecule is O=C(Cc1[nH]nc2ccccc12)NCc1noc(-c2cccs2)n1. The van der Waals surface area contributed by atoms with Crippen molar-refractivity contribution in [2.24, 2.45) is 0 Å². The Bertz CT molecular complexity index is 973. The van der Waals surface area contributed by atoms with E-state index in [-0.39, 0.29) is 18.9 Å². The minimum absolute atomic E-state index is 0.133. The number of aromatic amines is 1. The van der Waals surface area contributed by atoms with Crippen LogP contribution in [0.25, 0.3) is 21.7 Å². The monoisotopic (exact) mass is 339 g/mol. The van der Waals surface area contributed by atoms with Crippen molar-refractivity contribution >= 4 is 28.1 Å². The summed E-state index contributed by atoms with van der Waals surface area (Å²) in [7, 11) is 0. The van der Waals surface area contributed by atoms with Crippen LogP contribution in [0.1, 0.15) is 11.5 Å². The molecular weight excluding hydrogens is 326 g/mol. The summed E-state index contributed by atoms with van der Waals surface area (Å²) in [5.74, 6) is 0.780. The fourth-order valence-corrected chi connectivity index (χ4v) is 3.02. The third-order valence-corrected chi connectivity index (χ3v) is 4.38. The van der Waals surface area contributed by atoms with Crippen LogP contribution in [0.4, 0.5) is 0 Å². The van der Waals surface area contributed by atoms with Gasteiger partial charge in [-0.15, -0.1) is 11.3 Å². The number of para-hydroxylation sites is 1. The van der Waals surface area contributed by atoms with Gasteiger partial charge in [0.05, 0.1) is 29.1 Å². The standard InChI is InChI=1S/C16H13N5O2S/c22-15(8-12-10-4-1-2-5-11(10)19-20-12)17-9-14-18-16(23-21-14)13-6-3-7-24-13/h1-7H,8-9H2,(H,17,22)(H,19,20). The fraction of sp³-hybridized carbons (Fsp3) is 0.125. The highest BCUT2D eigenvalue weighted by Crippen LogP contribution is 2.22. The highest BCUT2D eigenvalue weighted by atomic mass is 32.1. The summed E-state index contributed by atoms with van der Waals surface area (Å²) in [5, 5.41) is 16.6. The number of aromatic nitrogens is 4. The van der Waals surface area contributed by atoms with Crippen molar-refractivity contribution in [3.8, 4) is 10.8 Å². The summed E-state index contributed by atoms with van der Waals surface area (Å²) in [6, 6.07) is 11.5. The molecule has 0 aliphatic carbocycles. The minimum atomic E-state index is -0.133. The first-order valence-corrected chi connectivity index (χ1v) is 8.23. The van der Waals surface area contributed by atoms with E-state index in [9.17, 15) is 4.79 Å². The average molecular weight is 339 g/mol. The molecule has 120 valence electrons. The van der Waals surface area contributed by atoms with E-state index in [1.807, 2.05) is 41.8 Å². The van der Waals surface area contributed by atoms with Gasteiger partial charge in [0, 0.05) is 5.39 Å². The van der Waals surface area contributed by atoms with Gasteiger partial charge >= 0.3 is 0 Å². The quantitative estimate of drug-likeness (QED) is 0.582. The first-order valence-electron chi connectivity index (χ1n) is 7.35. The number of hydrogen-bond acceptors (Lipinski definition) is 6. The van der Waals surface area contributed by atoms with Crippen LogP contribution in [0.3, 0.4) is 0 Å². The van der Waals surface area contributed by atoms with Crippen LogP contribution in [-0.4, -0.2) is 26.2 Å². The molecule has 0 spiro atoms. The van der Waals surface area contributed by atoms with E-state index in [4.69, 9.17) is 4.52 Å². The van der Waals surface area contributed by atoms with Gasteiger partial charge in [-0.3, -0.25) is 9.89 Å². The topological polar surface area (TPSA) is 96.7 Å². The lowest BCUT2D eigenvalue weighted by atomic mass is 10.1. The van der Waals surface area contributed by atoms with Crippen LogP contribution in [-0.2, 0) is 17.8 Å². The zero-order valence-electron chi connectivity index (χ0n) is 12.5. The van der Waals surface area contributed by atoms with E-state index in [1.165, 1.54) is 11.3 Å². The normalized spacial score (nSPS) is 11.0. The Kier molecular flexibility index (Phi) is 3.80. The zero-order valence-corrected chi connectivity index (χ0v) is 13.3. The number of nitrogens with zero attached hydrogens (tertiary/aromatic N) is 3. The number of H-pyrrole nitrogens is 1. The van der Waals surface area contributed by atoms with Crippen molar-refractivity contribution in [3.63, 3.8) is 0 Å². The Labute approximate surface area is 140 Å². The van der Waals surface area contributed by atoms with Crippen molar-refractivity contribution in [3.05, 3.63) is 53.3 Å². The smallest absolute Gasteiger partial charge is 0.268 e. The number of thiophene rings is 1. The molecule has 4 aromatic rings. The van der Waals surface area contributed by atoms with E-state index in [1.54, 1.807) is 0 Å². The van der Waals surface area contributed by atoms with Gasteiger partial charge in [-0.1, -0.05) is 29.4 Å². The van der Waals surface area contributed by atoms with Crippen LogP contribution < -0.4 is 5.32 Å². The molecule has 0 aliphatic heterocycles. The Morgan fingerprint density at radius 2 is 2.17 bits per heavy atom. The number of carbonyl (C=O) groups is 1. The molecule has 3 heterocycles. The molecule has 0 unspecified atom stereocenters. The summed E-state index contributed by atoms with van der Waals surface area (Å²) in [6.07, 6.45) is 0.218. The summed E-state index contributed by atoms with van der Waals surface area (Å²) in [6.45, 7) is 0.222. The summed E-state index contributed by atoms with van der Waals surface area (Å²) < 4.78 is 5.19. The Morgan fingerprint density at radius 1 is 1.25 bits per heavy atom. The number of rotatable bonds is 5. The molecular formula is C16H13N5O2S. The van der Waals surface area contributed by atoms with Gasteiger partial charge in [0.2, 0.25) is 5.91 Å². The third kappa shape index (κ3) is 2.91. The predicted octanol–water partition coefficient (Wildman–Crippen LogP) is 2.53. The summed E-state index contributed by atoms with van der Waals surface area (Å²) in [5.41, 5.74) is 1.63. The van der Waals surface area contributed by atoms with Gasteiger partial charge in [-0.05, 0) is 17.5 Å². The number of carbonyl (C=O) groups excluding carboxylic acids is 1. The minimum Gasteiger partial charge on any atom is -0.348 e. The second kappa shape index (κ2) is 6.25. The molecule has 4 rings (SSSR count). The van der Waals surface area contributed by atoms with Gasteiger partial charge in [0.15, 0.2) is 5.82 Å². The van der Waals surface area contributed by atoms with Crippen molar-refractivity contribution < 1.29 is 9.32 Å². The van der Waals surface area contributed by atoms with E-state index >= 15 is 0 Å². The molecule has 7 nitrogen and oxygen atoms in total. The van der Waals surface area contributed by atoms with Crippen LogP contribution in [0.5, 0.6) is 0 Å². The maximum Gasteiger partial charge on any atom is 0.268 e. The number of hydrogen-bond donors (Lipinski definition) is 2. The van der Waals surface area contributed by atoms with Gasteiger partial charge in [-0.25, -0.2) is 0 Å². The fourth-order valence-electron chi connectivity index (χ4n) is 2.38. The lowest BCUT2D eigenvalue weighted by molar-refractivity contribution is -0.120. The lowest BCUT2D eigenvalue weighted by Crippen LogP contribution is -2.25. The Morgan fingerprint density at radius 3 is 3.04 bits per heavy atom. The molecule has 24 heavy (non-hydrogen) atoms. The predicted molar refractivity (Wildman–Crippen MR) is 89.3 cm³/mol. The second-order valence-electron chi connectivity index (χ2n) is 5.17. The number of nitrogens with one attached hydrogen (secondary N) is 2. The molecule has 0 atom stereocenters. The molecule has 1 amide bonds. The van der Waals surface area contributed by atoms with Crippen LogP contribution in [0.2, 0.25) is 0 Å². The van der Waals surface area contributed by atoms with Crippen molar-refractivity contribution in [2.45, 2.75) is 13.0 Å². The first kappa shape index (κ1) is 14.6. The number of fused-ring (bicyclic) bond motifs is 1. The van der Waals surface area contributed by atoms with Gasteiger partial charge in [0.25, 0.3) is 5.89 Å². The van der Waals surface area contributed by atoms with Crippen LogP contribution in [0, 0.1) is 0 Å². The summed E-state index contributed by atoms with van der Waals surface area (Å²) >= 11 is 1.52.